The molecule has 2 aliphatic carbocycles. The molecule has 3 rings (SSSR count). The van der Waals surface area contributed by atoms with E-state index in [2.05, 4.69) is 29.2 Å². The van der Waals surface area contributed by atoms with Crippen LogP contribution in [-0.4, -0.2) is 62.2 Å². The smallest absolute Gasteiger partial charge is 0.0345 e. The van der Waals surface area contributed by atoms with Crippen molar-refractivity contribution in [1.82, 2.24) is 15.1 Å². The summed E-state index contributed by atoms with van der Waals surface area (Å²) in [5.41, 5.74) is 0.706. The Bertz CT molecular complexity index is 298. The first-order valence-corrected chi connectivity index (χ1v) is 8.32. The van der Waals surface area contributed by atoms with Crippen molar-refractivity contribution >= 4 is 0 Å². The Balaban J connectivity index is 1.49. The minimum absolute atomic E-state index is 0.706. The van der Waals surface area contributed by atoms with E-state index in [-0.39, 0.29) is 0 Å². The third-order valence-electron chi connectivity index (χ3n) is 6.10. The summed E-state index contributed by atoms with van der Waals surface area (Å²) < 4.78 is 0. The molecule has 0 aromatic rings. The predicted octanol–water partition coefficient (Wildman–Crippen LogP) is 1.93. The topological polar surface area (TPSA) is 18.5 Å². The van der Waals surface area contributed by atoms with Gasteiger partial charge in [-0.15, -0.1) is 0 Å². The molecule has 1 N–H and O–H groups in total. The predicted molar refractivity (Wildman–Crippen MR) is 80.5 cm³/mol. The van der Waals surface area contributed by atoms with Crippen LogP contribution in [0, 0.1) is 5.41 Å². The first kappa shape index (κ1) is 13.8. The SMILES string of the molecule is CN1CCN(C)C(CNC2CCC23CCCCC3)C1. The van der Waals surface area contributed by atoms with Crippen LogP contribution in [0.1, 0.15) is 44.9 Å². The Kier molecular flexibility index (Phi) is 4.16. The molecular formula is C16H31N3. The van der Waals surface area contributed by atoms with Crippen LogP contribution in [0.4, 0.5) is 0 Å². The second-order valence-corrected chi connectivity index (χ2v) is 7.32. The van der Waals surface area contributed by atoms with Crippen LogP contribution in [0.15, 0.2) is 0 Å². The molecule has 3 heteroatoms. The second-order valence-electron chi connectivity index (χ2n) is 7.32. The van der Waals surface area contributed by atoms with Gasteiger partial charge < -0.3 is 10.2 Å². The fraction of sp³-hybridized carbons (Fsp3) is 1.00. The summed E-state index contributed by atoms with van der Waals surface area (Å²) >= 11 is 0. The molecule has 1 heterocycles. The Morgan fingerprint density at radius 3 is 2.53 bits per heavy atom. The Morgan fingerprint density at radius 1 is 1.05 bits per heavy atom. The summed E-state index contributed by atoms with van der Waals surface area (Å²) in [5.74, 6) is 0. The quantitative estimate of drug-likeness (QED) is 0.841. The highest BCUT2D eigenvalue weighted by Crippen LogP contribution is 2.51. The fourth-order valence-corrected chi connectivity index (χ4v) is 4.47. The second kappa shape index (κ2) is 5.71. The first-order valence-electron chi connectivity index (χ1n) is 8.32. The lowest BCUT2D eigenvalue weighted by atomic mass is 9.57. The molecule has 2 unspecified atom stereocenters. The van der Waals surface area contributed by atoms with E-state index < -0.39 is 0 Å². The number of hydrogen-bond acceptors (Lipinski definition) is 3. The van der Waals surface area contributed by atoms with Gasteiger partial charge in [0.05, 0.1) is 0 Å². The number of rotatable bonds is 3. The van der Waals surface area contributed by atoms with Gasteiger partial charge in [0.2, 0.25) is 0 Å². The van der Waals surface area contributed by atoms with E-state index in [1.54, 1.807) is 0 Å². The Morgan fingerprint density at radius 2 is 1.84 bits per heavy atom. The van der Waals surface area contributed by atoms with Gasteiger partial charge in [0.1, 0.15) is 0 Å². The van der Waals surface area contributed by atoms with Gasteiger partial charge in [-0.3, -0.25) is 4.90 Å². The molecule has 110 valence electrons. The first-order chi connectivity index (χ1) is 9.20. The molecule has 3 aliphatic rings. The van der Waals surface area contributed by atoms with Crippen LogP contribution in [-0.2, 0) is 0 Å². The molecule has 1 saturated heterocycles. The van der Waals surface area contributed by atoms with Gasteiger partial charge in [0, 0.05) is 38.3 Å². The molecule has 2 atom stereocenters. The molecule has 0 amide bonds. The third kappa shape index (κ3) is 2.84. The van der Waals surface area contributed by atoms with Gasteiger partial charge in [0.15, 0.2) is 0 Å². The maximum atomic E-state index is 3.93. The van der Waals surface area contributed by atoms with Crippen molar-refractivity contribution in [3.05, 3.63) is 0 Å². The minimum Gasteiger partial charge on any atom is -0.312 e. The average molecular weight is 265 g/mol. The highest BCUT2D eigenvalue weighted by Gasteiger charge is 2.46. The standard InChI is InChI=1S/C16H31N3/c1-18-10-11-19(2)14(13-18)12-17-15-6-9-16(15)7-4-3-5-8-16/h14-15,17H,3-13H2,1-2H3. The maximum Gasteiger partial charge on any atom is 0.0345 e. The molecule has 3 nitrogen and oxygen atoms in total. The van der Waals surface area contributed by atoms with E-state index in [0.717, 1.165) is 6.04 Å². The van der Waals surface area contributed by atoms with Crippen LogP contribution in [0.25, 0.3) is 0 Å². The van der Waals surface area contributed by atoms with E-state index in [0.29, 0.717) is 11.5 Å². The van der Waals surface area contributed by atoms with Crippen LogP contribution < -0.4 is 5.32 Å². The molecule has 1 spiro atoms. The van der Waals surface area contributed by atoms with Crippen molar-refractivity contribution in [2.45, 2.75) is 57.0 Å². The van der Waals surface area contributed by atoms with Crippen molar-refractivity contribution in [2.75, 3.05) is 40.3 Å². The van der Waals surface area contributed by atoms with Gasteiger partial charge in [-0.05, 0) is 45.2 Å². The largest absolute Gasteiger partial charge is 0.312 e. The number of hydrogen-bond donors (Lipinski definition) is 1. The summed E-state index contributed by atoms with van der Waals surface area (Å²) in [4.78, 5) is 5.02. The van der Waals surface area contributed by atoms with E-state index in [1.807, 2.05) is 0 Å². The lowest BCUT2D eigenvalue weighted by Crippen LogP contribution is -2.59. The number of nitrogens with zero attached hydrogens (tertiary/aromatic N) is 2. The van der Waals surface area contributed by atoms with Gasteiger partial charge >= 0.3 is 0 Å². The van der Waals surface area contributed by atoms with Crippen molar-refractivity contribution in [1.29, 1.82) is 0 Å². The lowest BCUT2D eigenvalue weighted by Gasteiger charge is -2.53. The summed E-state index contributed by atoms with van der Waals surface area (Å²) in [6, 6.07) is 1.54. The molecule has 3 fully saturated rings. The van der Waals surface area contributed by atoms with Crippen molar-refractivity contribution in [2.24, 2.45) is 5.41 Å². The van der Waals surface area contributed by atoms with E-state index in [9.17, 15) is 0 Å². The van der Waals surface area contributed by atoms with Gasteiger partial charge in [-0.2, -0.15) is 0 Å². The minimum atomic E-state index is 0.706. The van der Waals surface area contributed by atoms with Crippen molar-refractivity contribution in [3.63, 3.8) is 0 Å². The molecule has 0 bridgehead atoms. The highest BCUT2D eigenvalue weighted by molar-refractivity contribution is 5.02. The van der Waals surface area contributed by atoms with Crippen molar-refractivity contribution < 1.29 is 0 Å². The Hall–Kier alpha value is -0.120. The molecule has 0 radical (unpaired) electrons. The molecule has 0 aromatic carbocycles. The van der Waals surface area contributed by atoms with Gasteiger partial charge in [-0.1, -0.05) is 19.3 Å². The highest BCUT2D eigenvalue weighted by atomic mass is 15.3. The number of piperazine rings is 1. The van der Waals surface area contributed by atoms with Gasteiger partial charge in [-0.25, -0.2) is 0 Å². The molecule has 0 aromatic heterocycles. The van der Waals surface area contributed by atoms with Crippen LogP contribution in [0.3, 0.4) is 0 Å². The maximum absolute atomic E-state index is 3.93. The molecule has 1 aliphatic heterocycles. The van der Waals surface area contributed by atoms with E-state index in [4.69, 9.17) is 0 Å². The van der Waals surface area contributed by atoms with Gasteiger partial charge in [0.25, 0.3) is 0 Å². The van der Waals surface area contributed by atoms with Crippen LogP contribution >= 0.6 is 0 Å². The lowest BCUT2D eigenvalue weighted by molar-refractivity contribution is 0.0151. The molecular weight excluding hydrogens is 234 g/mol. The zero-order valence-electron chi connectivity index (χ0n) is 12.8. The Labute approximate surface area is 118 Å². The third-order valence-corrected chi connectivity index (χ3v) is 6.10. The zero-order chi connectivity index (χ0) is 13.3. The summed E-state index contributed by atoms with van der Waals surface area (Å²) in [6.07, 6.45) is 10.3. The number of nitrogens with one attached hydrogen (secondary N) is 1. The van der Waals surface area contributed by atoms with Crippen molar-refractivity contribution in [3.8, 4) is 0 Å². The fourth-order valence-electron chi connectivity index (χ4n) is 4.47. The number of likely N-dealkylation sites (N-methyl/N-ethyl adjacent to an activating group) is 2. The average Bonchev–Trinajstić information content (AvgIpc) is 2.42. The van der Waals surface area contributed by atoms with E-state index >= 15 is 0 Å². The van der Waals surface area contributed by atoms with Crippen LogP contribution in [0.5, 0.6) is 0 Å². The summed E-state index contributed by atoms with van der Waals surface area (Å²) in [7, 11) is 4.54. The zero-order valence-corrected chi connectivity index (χ0v) is 12.8. The molecule has 2 saturated carbocycles. The van der Waals surface area contributed by atoms with E-state index in [1.165, 1.54) is 71.1 Å². The monoisotopic (exact) mass is 265 g/mol. The summed E-state index contributed by atoms with van der Waals surface area (Å²) in [5, 5.41) is 3.93. The normalized spacial score (nSPS) is 36.3. The van der Waals surface area contributed by atoms with Crippen LogP contribution in [0.2, 0.25) is 0 Å². The summed E-state index contributed by atoms with van der Waals surface area (Å²) in [6.45, 7) is 4.86. The molecule has 19 heavy (non-hydrogen) atoms.